The third kappa shape index (κ3) is 4.84. The van der Waals surface area contributed by atoms with Crippen LogP contribution < -0.4 is 4.90 Å². The lowest BCUT2D eigenvalue weighted by molar-refractivity contribution is 0.365. The highest BCUT2D eigenvalue weighted by atomic mass is 32.2. The molecule has 6 nitrogen and oxygen atoms in total. The van der Waals surface area contributed by atoms with Gasteiger partial charge < -0.3 is 9.88 Å². The number of H-pyrrole nitrogens is 1. The van der Waals surface area contributed by atoms with Crippen molar-refractivity contribution in [2.75, 3.05) is 11.4 Å². The number of nitrogens with zero attached hydrogens (tertiary/aromatic N) is 3. The number of fused-ring (bicyclic) bond motifs is 1. The van der Waals surface area contributed by atoms with Gasteiger partial charge in [0.2, 0.25) is 10.0 Å². The van der Waals surface area contributed by atoms with Crippen LogP contribution >= 0.6 is 0 Å². The number of hydrogen-bond acceptors (Lipinski definition) is 4. The highest BCUT2D eigenvalue weighted by Gasteiger charge is 2.38. The van der Waals surface area contributed by atoms with E-state index in [2.05, 4.69) is 51.3 Å². The molecule has 1 aromatic heterocycles. The van der Waals surface area contributed by atoms with Crippen LogP contribution in [0.25, 0.3) is 0 Å². The molecule has 0 bridgehead atoms. The lowest BCUT2D eigenvalue weighted by Crippen LogP contribution is -2.45. The predicted molar refractivity (Wildman–Crippen MR) is 131 cm³/mol. The standard InChI is InChI=1S/C26H32N4O2S/c31-33(32,25-11-5-6-12-25)29-17-22-10-4-7-13-26(22)30(18-23-16-27-20-28-23)24(19-29)15-14-21-8-2-1-3-9-21/h1-4,7-10,13,16,20,24-25H,5-6,11-12,14-15,17-19H2,(H,27,28)/t24-/m1/s1. The zero-order valence-corrected chi connectivity index (χ0v) is 19.8. The minimum absolute atomic E-state index is 0.0633. The van der Waals surface area contributed by atoms with Crippen molar-refractivity contribution < 1.29 is 8.42 Å². The first-order valence-electron chi connectivity index (χ1n) is 12.0. The maximum absolute atomic E-state index is 13.7. The molecule has 7 heteroatoms. The van der Waals surface area contributed by atoms with Crippen molar-refractivity contribution in [3.63, 3.8) is 0 Å². The van der Waals surface area contributed by atoms with Gasteiger partial charge in [-0.2, -0.15) is 4.31 Å². The molecule has 0 radical (unpaired) electrons. The molecule has 33 heavy (non-hydrogen) atoms. The topological polar surface area (TPSA) is 69.3 Å². The van der Waals surface area contributed by atoms with E-state index < -0.39 is 10.0 Å². The molecule has 2 aromatic carbocycles. The molecular weight excluding hydrogens is 432 g/mol. The van der Waals surface area contributed by atoms with Gasteiger partial charge in [0.05, 0.1) is 23.8 Å². The number of sulfonamides is 1. The normalized spacial score (nSPS) is 20.0. The Hall–Kier alpha value is -2.64. The van der Waals surface area contributed by atoms with Gasteiger partial charge >= 0.3 is 0 Å². The van der Waals surface area contributed by atoms with E-state index in [4.69, 9.17) is 0 Å². The van der Waals surface area contributed by atoms with Crippen LogP contribution in [0, 0.1) is 0 Å². The number of benzene rings is 2. The van der Waals surface area contributed by atoms with Crippen LogP contribution in [0.4, 0.5) is 5.69 Å². The van der Waals surface area contributed by atoms with Crippen LogP contribution in [0.2, 0.25) is 0 Å². The fourth-order valence-electron chi connectivity index (χ4n) is 5.29. The number of hydrogen-bond donors (Lipinski definition) is 1. The van der Waals surface area contributed by atoms with Gasteiger partial charge in [0, 0.05) is 31.0 Å². The number of aromatic amines is 1. The van der Waals surface area contributed by atoms with E-state index in [9.17, 15) is 8.42 Å². The van der Waals surface area contributed by atoms with Crippen LogP contribution in [0.15, 0.2) is 67.1 Å². The van der Waals surface area contributed by atoms with Crippen LogP contribution in [0.5, 0.6) is 0 Å². The molecule has 0 unspecified atom stereocenters. The molecule has 0 saturated heterocycles. The molecule has 0 amide bonds. The Labute approximate surface area is 196 Å². The van der Waals surface area contributed by atoms with Gasteiger partial charge in [0.15, 0.2) is 0 Å². The number of imidazole rings is 1. The summed E-state index contributed by atoms with van der Waals surface area (Å²) < 4.78 is 29.2. The summed E-state index contributed by atoms with van der Waals surface area (Å²) in [6, 6.07) is 18.8. The smallest absolute Gasteiger partial charge is 0.217 e. The summed E-state index contributed by atoms with van der Waals surface area (Å²) in [5.74, 6) is 0. The van der Waals surface area contributed by atoms with Crippen molar-refractivity contribution in [3.8, 4) is 0 Å². The average Bonchev–Trinajstić information content (AvgIpc) is 3.53. The van der Waals surface area contributed by atoms with E-state index in [1.807, 2.05) is 24.4 Å². The lowest BCUT2D eigenvalue weighted by Gasteiger charge is -2.34. The van der Waals surface area contributed by atoms with Gasteiger partial charge in [0.1, 0.15) is 0 Å². The Bertz CT molecular complexity index is 1140. The van der Waals surface area contributed by atoms with Crippen LogP contribution in [0.3, 0.4) is 0 Å². The van der Waals surface area contributed by atoms with E-state index in [0.717, 1.165) is 55.5 Å². The Morgan fingerprint density at radius 1 is 1.00 bits per heavy atom. The fraction of sp³-hybridized carbons (Fsp3) is 0.423. The molecule has 1 saturated carbocycles. The molecular formula is C26H32N4O2S. The largest absolute Gasteiger partial charge is 0.361 e. The first-order chi connectivity index (χ1) is 16.1. The fourth-order valence-corrected chi connectivity index (χ4v) is 7.34. The summed E-state index contributed by atoms with van der Waals surface area (Å²) in [6.45, 7) is 1.62. The van der Waals surface area contributed by atoms with Crippen molar-refractivity contribution in [1.82, 2.24) is 14.3 Å². The van der Waals surface area contributed by atoms with Gasteiger partial charge in [-0.3, -0.25) is 0 Å². The number of anilines is 1. The summed E-state index contributed by atoms with van der Waals surface area (Å²) in [5.41, 5.74) is 4.50. The molecule has 3 aromatic rings. The van der Waals surface area contributed by atoms with E-state index in [1.165, 1.54) is 5.56 Å². The number of rotatable bonds is 7. The predicted octanol–water partition coefficient (Wildman–Crippen LogP) is 4.51. The Kier molecular flexibility index (Phi) is 6.51. The van der Waals surface area contributed by atoms with Crippen molar-refractivity contribution in [2.45, 2.75) is 62.9 Å². The van der Waals surface area contributed by atoms with Gasteiger partial charge in [-0.15, -0.1) is 0 Å². The van der Waals surface area contributed by atoms with Crippen molar-refractivity contribution in [3.05, 3.63) is 83.9 Å². The van der Waals surface area contributed by atoms with Crippen molar-refractivity contribution >= 4 is 15.7 Å². The molecule has 1 atom stereocenters. The maximum atomic E-state index is 13.7. The Morgan fingerprint density at radius 2 is 1.76 bits per heavy atom. The molecule has 2 aliphatic rings. The number of aryl methyl sites for hydroxylation is 1. The second-order valence-corrected chi connectivity index (χ2v) is 11.5. The second-order valence-electron chi connectivity index (χ2n) is 9.26. The molecule has 0 spiro atoms. The molecule has 174 valence electrons. The van der Waals surface area contributed by atoms with Crippen molar-refractivity contribution in [1.29, 1.82) is 0 Å². The van der Waals surface area contributed by atoms with E-state index in [-0.39, 0.29) is 11.3 Å². The molecule has 1 N–H and O–H groups in total. The van der Waals surface area contributed by atoms with Gasteiger partial charge in [-0.1, -0.05) is 61.4 Å². The minimum Gasteiger partial charge on any atom is -0.361 e. The zero-order valence-electron chi connectivity index (χ0n) is 18.9. The highest BCUT2D eigenvalue weighted by molar-refractivity contribution is 7.89. The van der Waals surface area contributed by atoms with E-state index in [1.54, 1.807) is 10.6 Å². The first kappa shape index (κ1) is 22.2. The number of para-hydroxylation sites is 1. The van der Waals surface area contributed by atoms with E-state index >= 15 is 0 Å². The summed E-state index contributed by atoms with van der Waals surface area (Å²) in [4.78, 5) is 9.82. The number of aromatic nitrogens is 2. The molecule has 1 aliphatic carbocycles. The maximum Gasteiger partial charge on any atom is 0.217 e. The summed E-state index contributed by atoms with van der Waals surface area (Å²) >= 11 is 0. The van der Waals surface area contributed by atoms with Crippen LogP contribution in [-0.4, -0.2) is 40.5 Å². The second kappa shape index (κ2) is 9.69. The quantitative estimate of drug-likeness (QED) is 0.559. The lowest BCUT2D eigenvalue weighted by atomic mass is 10.0. The highest BCUT2D eigenvalue weighted by Crippen LogP contribution is 2.35. The van der Waals surface area contributed by atoms with Crippen molar-refractivity contribution in [2.24, 2.45) is 0 Å². The third-order valence-corrected chi connectivity index (χ3v) is 9.40. The summed E-state index contributed by atoms with van der Waals surface area (Å²) in [7, 11) is -3.34. The Morgan fingerprint density at radius 3 is 2.52 bits per heavy atom. The first-order valence-corrected chi connectivity index (χ1v) is 13.5. The SMILES string of the molecule is O=S(=O)(C1CCCC1)N1Cc2ccccc2N(Cc2cnc[nH]2)[C@H](CCc2ccccc2)C1. The van der Waals surface area contributed by atoms with Gasteiger partial charge in [0.25, 0.3) is 0 Å². The monoisotopic (exact) mass is 464 g/mol. The average molecular weight is 465 g/mol. The zero-order chi connectivity index (χ0) is 22.7. The van der Waals surface area contributed by atoms with Gasteiger partial charge in [-0.05, 0) is 42.9 Å². The summed E-state index contributed by atoms with van der Waals surface area (Å²) in [5, 5.41) is -0.237. The van der Waals surface area contributed by atoms with Crippen LogP contribution in [-0.2, 0) is 29.5 Å². The van der Waals surface area contributed by atoms with Gasteiger partial charge in [-0.25, -0.2) is 13.4 Å². The minimum atomic E-state index is -3.34. The molecule has 5 rings (SSSR count). The third-order valence-electron chi connectivity index (χ3n) is 7.09. The molecule has 2 heterocycles. The molecule has 1 fully saturated rings. The Balaban J connectivity index is 1.50. The molecule has 1 aliphatic heterocycles. The number of nitrogens with one attached hydrogen (secondary N) is 1. The van der Waals surface area contributed by atoms with E-state index in [0.29, 0.717) is 19.6 Å². The summed E-state index contributed by atoms with van der Waals surface area (Å²) in [6.07, 6.45) is 8.94. The van der Waals surface area contributed by atoms with Crippen LogP contribution in [0.1, 0.15) is 48.9 Å².